The number of rotatable bonds is 5. The smallest absolute Gasteiger partial charge is 0.269 e. The van der Waals surface area contributed by atoms with Crippen molar-refractivity contribution in [3.05, 3.63) is 42.0 Å². The molecule has 2 aromatic heterocycles. The van der Waals surface area contributed by atoms with Gasteiger partial charge in [0.25, 0.3) is 11.8 Å². The minimum Gasteiger partial charge on any atom is -0.476 e. The van der Waals surface area contributed by atoms with Gasteiger partial charge in [-0.2, -0.15) is 0 Å². The first-order chi connectivity index (χ1) is 15.1. The van der Waals surface area contributed by atoms with Gasteiger partial charge in [0.05, 0.1) is 29.5 Å². The van der Waals surface area contributed by atoms with Crippen LogP contribution in [0.15, 0.2) is 30.6 Å². The van der Waals surface area contributed by atoms with Gasteiger partial charge in [0.15, 0.2) is 11.9 Å². The monoisotopic (exact) mass is 422 g/mol. The van der Waals surface area contributed by atoms with Crippen LogP contribution in [0.4, 0.5) is 11.4 Å². The third-order valence-corrected chi connectivity index (χ3v) is 6.08. The van der Waals surface area contributed by atoms with Crippen LogP contribution in [0.5, 0.6) is 5.75 Å². The number of anilines is 2. The highest BCUT2D eigenvalue weighted by Crippen LogP contribution is 2.39. The first kappa shape index (κ1) is 19.7. The Morgan fingerprint density at radius 3 is 2.68 bits per heavy atom. The van der Waals surface area contributed by atoms with Gasteiger partial charge in [-0.15, -0.1) is 0 Å². The molecule has 1 saturated carbocycles. The number of piperazine rings is 1. The van der Waals surface area contributed by atoms with Crippen LogP contribution >= 0.6 is 0 Å². The number of carbonyl (C=O) groups excluding carboxylic acids is 2. The Bertz CT molecular complexity index is 983. The van der Waals surface area contributed by atoms with Crippen LogP contribution in [-0.4, -0.2) is 66.0 Å². The van der Waals surface area contributed by atoms with Crippen molar-refractivity contribution in [3.63, 3.8) is 0 Å². The molecule has 5 rings (SSSR count). The van der Waals surface area contributed by atoms with Gasteiger partial charge in [0.1, 0.15) is 5.69 Å². The van der Waals surface area contributed by atoms with Gasteiger partial charge in [0, 0.05) is 45.7 Å². The van der Waals surface area contributed by atoms with E-state index >= 15 is 0 Å². The zero-order valence-corrected chi connectivity index (χ0v) is 17.5. The average molecular weight is 422 g/mol. The second-order valence-corrected chi connectivity index (χ2v) is 8.28. The molecule has 1 aliphatic carbocycles. The fourth-order valence-corrected chi connectivity index (χ4v) is 4.10. The van der Waals surface area contributed by atoms with Gasteiger partial charge in [-0.3, -0.25) is 19.5 Å². The quantitative estimate of drug-likeness (QED) is 0.749. The molecule has 4 heterocycles. The number of hydrogen-bond donors (Lipinski definition) is 2. The molecule has 31 heavy (non-hydrogen) atoms. The minimum atomic E-state index is -0.367. The van der Waals surface area contributed by atoms with Crippen molar-refractivity contribution in [2.45, 2.75) is 25.5 Å². The number of aromatic nitrogens is 2. The van der Waals surface area contributed by atoms with E-state index in [0.29, 0.717) is 23.0 Å². The molecule has 9 heteroatoms. The van der Waals surface area contributed by atoms with E-state index < -0.39 is 0 Å². The molecule has 3 aliphatic rings. The van der Waals surface area contributed by atoms with Crippen LogP contribution in [0.25, 0.3) is 0 Å². The van der Waals surface area contributed by atoms with Crippen molar-refractivity contribution in [2.75, 3.05) is 43.4 Å². The summed E-state index contributed by atoms with van der Waals surface area (Å²) in [5.41, 5.74) is 3.07. The topological polar surface area (TPSA) is 99.7 Å². The van der Waals surface area contributed by atoms with E-state index in [0.717, 1.165) is 56.9 Å². The summed E-state index contributed by atoms with van der Waals surface area (Å²) in [6.07, 6.45) is 5.23. The van der Waals surface area contributed by atoms with Crippen molar-refractivity contribution in [1.29, 1.82) is 0 Å². The number of ether oxygens (including phenoxy) is 1. The molecule has 0 unspecified atom stereocenters. The number of carbonyl (C=O) groups is 2. The summed E-state index contributed by atoms with van der Waals surface area (Å²) in [6.45, 7) is 4.24. The second-order valence-electron chi connectivity index (χ2n) is 8.28. The largest absolute Gasteiger partial charge is 0.476 e. The van der Waals surface area contributed by atoms with Gasteiger partial charge in [0.2, 0.25) is 0 Å². The summed E-state index contributed by atoms with van der Waals surface area (Å²) < 4.78 is 5.88. The van der Waals surface area contributed by atoms with Crippen LogP contribution < -0.4 is 20.3 Å². The molecule has 2 aromatic rings. The Hall–Kier alpha value is -3.20. The molecule has 1 saturated heterocycles. The summed E-state index contributed by atoms with van der Waals surface area (Å²) in [4.78, 5) is 37.4. The van der Waals surface area contributed by atoms with Crippen molar-refractivity contribution in [3.8, 4) is 5.75 Å². The third kappa shape index (κ3) is 4.18. The zero-order chi connectivity index (χ0) is 21.4. The van der Waals surface area contributed by atoms with E-state index in [2.05, 4.69) is 30.4 Å². The van der Waals surface area contributed by atoms with Crippen LogP contribution in [0.2, 0.25) is 0 Å². The maximum absolute atomic E-state index is 12.3. The molecule has 0 aromatic carbocycles. The van der Waals surface area contributed by atoms with Gasteiger partial charge in [-0.05, 0) is 31.0 Å². The Morgan fingerprint density at radius 1 is 1.19 bits per heavy atom. The molecule has 2 aliphatic heterocycles. The van der Waals surface area contributed by atoms with Gasteiger partial charge in [-0.25, -0.2) is 4.98 Å². The van der Waals surface area contributed by atoms with Gasteiger partial charge < -0.3 is 20.3 Å². The van der Waals surface area contributed by atoms with Crippen LogP contribution in [0.3, 0.4) is 0 Å². The number of amides is 2. The van der Waals surface area contributed by atoms with E-state index in [-0.39, 0.29) is 17.9 Å². The normalized spacial score (nSPS) is 21.1. The fraction of sp³-hybridized carbons (Fsp3) is 0.455. The van der Waals surface area contributed by atoms with Crippen LogP contribution in [0.1, 0.15) is 29.0 Å². The number of hydrogen-bond acceptors (Lipinski definition) is 7. The molecule has 0 spiro atoms. The predicted molar refractivity (Wildman–Crippen MR) is 115 cm³/mol. The van der Waals surface area contributed by atoms with E-state index in [1.54, 1.807) is 25.5 Å². The van der Waals surface area contributed by atoms with E-state index in [9.17, 15) is 9.59 Å². The van der Waals surface area contributed by atoms with Crippen LogP contribution in [-0.2, 0) is 11.3 Å². The SMILES string of the molecule is CNC(=O)c1ccc(N2CCN(Cc3cc4c(cn3)O[C@H](C3CC3)C(=O)N4)CC2)cn1. The average Bonchev–Trinajstić information content (AvgIpc) is 3.64. The Morgan fingerprint density at radius 2 is 2.00 bits per heavy atom. The highest BCUT2D eigenvalue weighted by atomic mass is 16.5. The van der Waals surface area contributed by atoms with Crippen molar-refractivity contribution in [1.82, 2.24) is 20.2 Å². The third-order valence-electron chi connectivity index (χ3n) is 6.08. The molecule has 162 valence electrons. The standard InChI is InChI=1S/C22H26N6O3/c1-23-21(29)17-5-4-16(11-25-17)28-8-6-27(7-9-28)13-15-10-18-19(12-24-15)31-20(14-2-3-14)22(30)26-18/h4-5,10-12,14,20H,2-3,6-9,13H2,1H3,(H,23,29)(H,26,30)/t20-/m1/s1. The fourth-order valence-electron chi connectivity index (χ4n) is 4.10. The Labute approximate surface area is 180 Å². The first-order valence-corrected chi connectivity index (χ1v) is 10.7. The second kappa shape index (κ2) is 8.14. The lowest BCUT2D eigenvalue weighted by Crippen LogP contribution is -2.46. The van der Waals surface area contributed by atoms with E-state index in [1.807, 2.05) is 12.1 Å². The van der Waals surface area contributed by atoms with Crippen molar-refractivity contribution in [2.24, 2.45) is 5.92 Å². The number of fused-ring (bicyclic) bond motifs is 1. The number of nitrogens with one attached hydrogen (secondary N) is 2. The van der Waals surface area contributed by atoms with Gasteiger partial charge in [-0.1, -0.05) is 0 Å². The van der Waals surface area contributed by atoms with Gasteiger partial charge >= 0.3 is 0 Å². The number of nitrogens with zero attached hydrogens (tertiary/aromatic N) is 4. The molecule has 0 bridgehead atoms. The Balaban J connectivity index is 1.17. The van der Waals surface area contributed by atoms with E-state index in [4.69, 9.17) is 4.74 Å². The zero-order valence-electron chi connectivity index (χ0n) is 17.5. The lowest BCUT2D eigenvalue weighted by molar-refractivity contribution is -0.124. The summed E-state index contributed by atoms with van der Waals surface area (Å²) in [5, 5.41) is 5.57. The van der Waals surface area contributed by atoms with Crippen molar-refractivity contribution >= 4 is 23.2 Å². The molecule has 9 nitrogen and oxygen atoms in total. The lowest BCUT2D eigenvalue weighted by atomic mass is 10.1. The lowest BCUT2D eigenvalue weighted by Gasteiger charge is -2.36. The maximum Gasteiger partial charge on any atom is 0.269 e. The Kier molecular flexibility index (Phi) is 5.19. The highest BCUT2D eigenvalue weighted by Gasteiger charge is 2.41. The summed E-state index contributed by atoms with van der Waals surface area (Å²) in [5.74, 6) is 0.785. The molecular formula is C22H26N6O3. The summed E-state index contributed by atoms with van der Waals surface area (Å²) >= 11 is 0. The molecule has 2 amide bonds. The summed E-state index contributed by atoms with van der Waals surface area (Å²) in [6, 6.07) is 5.61. The maximum atomic E-state index is 12.3. The molecule has 1 atom stereocenters. The molecule has 0 radical (unpaired) electrons. The highest BCUT2D eigenvalue weighted by molar-refractivity contribution is 5.98. The minimum absolute atomic E-state index is 0.0446. The number of pyridine rings is 2. The summed E-state index contributed by atoms with van der Waals surface area (Å²) in [7, 11) is 1.60. The molecule has 2 fully saturated rings. The first-order valence-electron chi connectivity index (χ1n) is 10.7. The molecular weight excluding hydrogens is 396 g/mol. The predicted octanol–water partition coefficient (Wildman–Crippen LogP) is 1.27. The molecule has 2 N–H and O–H groups in total. The van der Waals surface area contributed by atoms with Crippen molar-refractivity contribution < 1.29 is 14.3 Å². The van der Waals surface area contributed by atoms with Crippen LogP contribution in [0, 0.1) is 5.92 Å². The van der Waals surface area contributed by atoms with E-state index in [1.165, 1.54) is 0 Å².